The van der Waals surface area contributed by atoms with Gasteiger partial charge in [0.05, 0.1) is 12.1 Å². The van der Waals surface area contributed by atoms with Crippen molar-refractivity contribution in [2.24, 2.45) is 0 Å². The molecule has 0 bridgehead atoms. The van der Waals surface area contributed by atoms with Crippen LogP contribution in [0.5, 0.6) is 0 Å². The third-order valence-corrected chi connectivity index (χ3v) is 3.73. The van der Waals surface area contributed by atoms with E-state index >= 15 is 0 Å². The molecule has 6 nitrogen and oxygen atoms in total. The third kappa shape index (κ3) is 3.42. The summed E-state index contributed by atoms with van der Waals surface area (Å²) in [6.07, 6.45) is 4.70. The molecule has 1 amide bonds. The lowest BCUT2D eigenvalue weighted by Gasteiger charge is -2.10. The van der Waals surface area contributed by atoms with Crippen molar-refractivity contribution in [2.45, 2.75) is 6.54 Å². The number of rotatable bonds is 4. The van der Waals surface area contributed by atoms with Gasteiger partial charge in [0.2, 0.25) is 5.95 Å². The summed E-state index contributed by atoms with van der Waals surface area (Å²) < 4.78 is 1.78. The molecule has 3 aromatic rings. The summed E-state index contributed by atoms with van der Waals surface area (Å²) in [5.41, 5.74) is 1.53. The molecule has 0 aliphatic heterocycles. The Balaban J connectivity index is 1.76. The maximum absolute atomic E-state index is 12.2. The van der Waals surface area contributed by atoms with E-state index in [1.165, 1.54) is 18.3 Å². The first-order chi connectivity index (χ1) is 11.7. The van der Waals surface area contributed by atoms with Gasteiger partial charge in [0.1, 0.15) is 11.8 Å². The first-order valence-corrected chi connectivity index (χ1v) is 7.47. The lowest BCUT2D eigenvalue weighted by atomic mass is 10.2. The SMILES string of the molecule is N#Cc1ccc(C(=O)Nc2nccn2Cc2ccccc2Cl)nc1. The van der Waals surface area contributed by atoms with Crippen LogP contribution in [-0.2, 0) is 6.54 Å². The number of carbonyl (C=O) groups is 1. The van der Waals surface area contributed by atoms with Crippen molar-refractivity contribution in [1.82, 2.24) is 14.5 Å². The summed E-state index contributed by atoms with van der Waals surface area (Å²) in [6.45, 7) is 0.482. The number of imidazole rings is 1. The minimum absolute atomic E-state index is 0.210. The fourth-order valence-electron chi connectivity index (χ4n) is 2.13. The van der Waals surface area contributed by atoms with Gasteiger partial charge < -0.3 is 4.57 Å². The highest BCUT2D eigenvalue weighted by molar-refractivity contribution is 6.31. The van der Waals surface area contributed by atoms with Gasteiger partial charge >= 0.3 is 0 Å². The molecule has 1 aromatic carbocycles. The van der Waals surface area contributed by atoms with Crippen LogP contribution in [-0.4, -0.2) is 20.4 Å². The number of pyridine rings is 1. The van der Waals surface area contributed by atoms with Gasteiger partial charge in [-0.2, -0.15) is 5.26 Å². The second-order valence-corrected chi connectivity index (χ2v) is 5.38. The number of nitrogens with one attached hydrogen (secondary N) is 1. The maximum Gasteiger partial charge on any atom is 0.276 e. The van der Waals surface area contributed by atoms with Gasteiger partial charge in [-0.15, -0.1) is 0 Å². The molecule has 118 valence electrons. The lowest BCUT2D eigenvalue weighted by Crippen LogP contribution is -2.17. The van der Waals surface area contributed by atoms with E-state index in [0.717, 1.165) is 5.56 Å². The molecular formula is C17H12ClN5O. The molecular weight excluding hydrogens is 326 g/mol. The Bertz CT molecular complexity index is 911. The minimum atomic E-state index is -0.397. The molecule has 0 aliphatic carbocycles. The molecule has 24 heavy (non-hydrogen) atoms. The van der Waals surface area contributed by atoms with Gasteiger partial charge in [-0.05, 0) is 23.8 Å². The van der Waals surface area contributed by atoms with E-state index in [-0.39, 0.29) is 5.69 Å². The number of benzene rings is 1. The number of hydrogen-bond donors (Lipinski definition) is 1. The first kappa shape index (κ1) is 15.7. The number of nitriles is 1. The predicted octanol–water partition coefficient (Wildman–Crippen LogP) is 3.10. The second-order valence-electron chi connectivity index (χ2n) is 4.97. The summed E-state index contributed by atoms with van der Waals surface area (Å²) in [5, 5.41) is 12.1. The normalized spacial score (nSPS) is 10.2. The Hall–Kier alpha value is -3.17. The number of halogens is 1. The predicted molar refractivity (Wildman–Crippen MR) is 89.7 cm³/mol. The Morgan fingerprint density at radius 2 is 2.08 bits per heavy atom. The van der Waals surface area contributed by atoms with Crippen molar-refractivity contribution in [3.05, 3.63) is 76.8 Å². The van der Waals surface area contributed by atoms with Gasteiger partial charge in [0, 0.05) is 23.6 Å². The number of anilines is 1. The molecule has 0 unspecified atom stereocenters. The van der Waals surface area contributed by atoms with Crippen LogP contribution in [0.2, 0.25) is 5.02 Å². The molecule has 0 aliphatic rings. The first-order valence-electron chi connectivity index (χ1n) is 7.09. The van der Waals surface area contributed by atoms with Gasteiger partial charge in [-0.25, -0.2) is 9.97 Å². The molecule has 0 saturated carbocycles. The molecule has 3 rings (SSSR count). The second kappa shape index (κ2) is 6.94. The zero-order chi connectivity index (χ0) is 16.9. The van der Waals surface area contributed by atoms with Crippen LogP contribution in [0, 0.1) is 11.3 Å². The average molecular weight is 338 g/mol. The van der Waals surface area contributed by atoms with E-state index in [1.54, 1.807) is 17.0 Å². The van der Waals surface area contributed by atoms with Gasteiger partial charge in [-0.1, -0.05) is 29.8 Å². The highest BCUT2D eigenvalue weighted by atomic mass is 35.5. The number of amides is 1. The summed E-state index contributed by atoms with van der Waals surface area (Å²) in [6, 6.07) is 12.5. The Labute approximate surface area is 143 Å². The Morgan fingerprint density at radius 3 is 2.79 bits per heavy atom. The van der Waals surface area contributed by atoms with Crippen LogP contribution in [0.15, 0.2) is 55.0 Å². The van der Waals surface area contributed by atoms with E-state index < -0.39 is 5.91 Å². The molecule has 0 radical (unpaired) electrons. The zero-order valence-corrected chi connectivity index (χ0v) is 13.2. The summed E-state index contributed by atoms with van der Waals surface area (Å²) in [4.78, 5) is 20.4. The average Bonchev–Trinajstić information content (AvgIpc) is 3.04. The lowest BCUT2D eigenvalue weighted by molar-refractivity contribution is 0.102. The van der Waals surface area contributed by atoms with E-state index in [1.807, 2.05) is 30.3 Å². The fourth-order valence-corrected chi connectivity index (χ4v) is 2.33. The summed E-state index contributed by atoms with van der Waals surface area (Å²) in [5.74, 6) is -0.00261. The van der Waals surface area contributed by atoms with Crippen molar-refractivity contribution >= 4 is 23.5 Å². The van der Waals surface area contributed by atoms with Crippen molar-refractivity contribution in [1.29, 1.82) is 5.26 Å². The van der Waals surface area contributed by atoms with Gasteiger partial charge in [-0.3, -0.25) is 10.1 Å². The molecule has 7 heteroatoms. The van der Waals surface area contributed by atoms with E-state index in [2.05, 4.69) is 15.3 Å². The smallest absolute Gasteiger partial charge is 0.276 e. The van der Waals surface area contributed by atoms with Crippen molar-refractivity contribution in [3.63, 3.8) is 0 Å². The van der Waals surface area contributed by atoms with E-state index in [9.17, 15) is 4.79 Å². The summed E-state index contributed by atoms with van der Waals surface area (Å²) >= 11 is 6.17. The van der Waals surface area contributed by atoms with Crippen LogP contribution in [0.4, 0.5) is 5.95 Å². The van der Waals surface area contributed by atoms with Gasteiger partial charge in [0.25, 0.3) is 5.91 Å². The highest BCUT2D eigenvalue weighted by Crippen LogP contribution is 2.18. The zero-order valence-electron chi connectivity index (χ0n) is 12.5. The van der Waals surface area contributed by atoms with Crippen molar-refractivity contribution < 1.29 is 4.79 Å². The van der Waals surface area contributed by atoms with E-state index in [0.29, 0.717) is 23.1 Å². The topological polar surface area (TPSA) is 83.6 Å². The molecule has 0 saturated heterocycles. The van der Waals surface area contributed by atoms with Crippen LogP contribution < -0.4 is 5.32 Å². The van der Waals surface area contributed by atoms with Crippen LogP contribution in [0.25, 0.3) is 0 Å². The largest absolute Gasteiger partial charge is 0.313 e. The molecule has 2 heterocycles. The van der Waals surface area contributed by atoms with Crippen molar-refractivity contribution in [2.75, 3.05) is 5.32 Å². The third-order valence-electron chi connectivity index (χ3n) is 3.36. The number of carbonyl (C=O) groups excluding carboxylic acids is 1. The minimum Gasteiger partial charge on any atom is -0.313 e. The summed E-state index contributed by atoms with van der Waals surface area (Å²) in [7, 11) is 0. The van der Waals surface area contributed by atoms with Crippen LogP contribution >= 0.6 is 11.6 Å². The number of aromatic nitrogens is 3. The monoisotopic (exact) mass is 337 g/mol. The molecule has 2 aromatic heterocycles. The van der Waals surface area contributed by atoms with E-state index in [4.69, 9.17) is 16.9 Å². The number of nitrogens with zero attached hydrogens (tertiary/aromatic N) is 4. The highest BCUT2D eigenvalue weighted by Gasteiger charge is 2.12. The van der Waals surface area contributed by atoms with Crippen LogP contribution in [0.1, 0.15) is 21.6 Å². The standard InChI is InChI=1S/C17H12ClN5O/c18-14-4-2-1-3-13(14)11-23-8-7-20-17(23)22-16(24)15-6-5-12(9-19)10-21-15/h1-8,10H,11H2,(H,20,22,24). The van der Waals surface area contributed by atoms with Crippen LogP contribution in [0.3, 0.4) is 0 Å². The fraction of sp³-hybridized carbons (Fsp3) is 0.0588. The quantitative estimate of drug-likeness (QED) is 0.792. The molecule has 1 N–H and O–H groups in total. The molecule has 0 fully saturated rings. The Morgan fingerprint density at radius 1 is 1.25 bits per heavy atom. The molecule has 0 atom stereocenters. The van der Waals surface area contributed by atoms with Crippen molar-refractivity contribution in [3.8, 4) is 6.07 Å². The maximum atomic E-state index is 12.2. The Kier molecular flexibility index (Phi) is 4.54. The van der Waals surface area contributed by atoms with Gasteiger partial charge in [0.15, 0.2) is 0 Å². The molecule has 0 spiro atoms. The number of hydrogen-bond acceptors (Lipinski definition) is 4.